The fourth-order valence-electron chi connectivity index (χ4n) is 1.99. The molecule has 0 spiro atoms. The van der Waals surface area contributed by atoms with Gasteiger partial charge in [-0.15, -0.1) is 24.0 Å². The van der Waals surface area contributed by atoms with E-state index in [4.69, 9.17) is 9.47 Å². The molecule has 0 radical (unpaired) electrons. The van der Waals surface area contributed by atoms with Crippen LogP contribution in [0.5, 0.6) is 5.75 Å². The zero-order chi connectivity index (χ0) is 16.0. The van der Waals surface area contributed by atoms with Crippen molar-refractivity contribution in [1.29, 1.82) is 0 Å². The molecule has 0 atom stereocenters. The Morgan fingerprint density at radius 3 is 2.65 bits per heavy atom. The van der Waals surface area contributed by atoms with Gasteiger partial charge in [0.25, 0.3) is 0 Å². The van der Waals surface area contributed by atoms with E-state index < -0.39 is 11.6 Å². The Labute approximate surface area is 151 Å². The van der Waals surface area contributed by atoms with Crippen molar-refractivity contribution in [3.63, 3.8) is 0 Å². The average molecular weight is 441 g/mol. The second-order valence-corrected chi connectivity index (χ2v) is 5.58. The lowest BCUT2D eigenvalue weighted by atomic mass is 9.89. The molecule has 0 aliphatic carbocycles. The third kappa shape index (κ3) is 6.09. The van der Waals surface area contributed by atoms with Gasteiger partial charge in [-0.1, -0.05) is 6.92 Å². The normalized spacial score (nSPS) is 16.1. The maximum Gasteiger partial charge on any atom is 0.191 e. The summed E-state index contributed by atoms with van der Waals surface area (Å²) >= 11 is 0. The van der Waals surface area contributed by atoms with Gasteiger partial charge >= 0.3 is 0 Å². The number of aliphatic imine (C=N–C) groups is 1. The summed E-state index contributed by atoms with van der Waals surface area (Å²) in [4.78, 5) is 4.10. The van der Waals surface area contributed by atoms with E-state index in [1.807, 2.05) is 0 Å². The molecular weight excluding hydrogens is 419 g/mol. The summed E-state index contributed by atoms with van der Waals surface area (Å²) in [5.74, 6) is -0.650. The van der Waals surface area contributed by atoms with Crippen LogP contribution in [-0.4, -0.2) is 45.9 Å². The van der Waals surface area contributed by atoms with Crippen molar-refractivity contribution in [2.75, 3.05) is 40.0 Å². The molecule has 23 heavy (non-hydrogen) atoms. The molecule has 2 N–H and O–H groups in total. The van der Waals surface area contributed by atoms with Crippen LogP contribution in [0.1, 0.15) is 6.92 Å². The minimum atomic E-state index is -0.708. The van der Waals surface area contributed by atoms with Crippen LogP contribution in [0.4, 0.5) is 8.78 Å². The van der Waals surface area contributed by atoms with Gasteiger partial charge in [-0.2, -0.15) is 0 Å². The molecule has 2 rings (SSSR count). The lowest BCUT2D eigenvalue weighted by Crippen LogP contribution is -2.51. The number of nitrogens with zero attached hydrogens (tertiary/aromatic N) is 1. The average Bonchev–Trinajstić information content (AvgIpc) is 2.46. The van der Waals surface area contributed by atoms with Crippen molar-refractivity contribution in [1.82, 2.24) is 10.6 Å². The number of benzene rings is 1. The van der Waals surface area contributed by atoms with Crippen LogP contribution >= 0.6 is 24.0 Å². The minimum absolute atomic E-state index is 0. The van der Waals surface area contributed by atoms with Crippen LogP contribution < -0.4 is 15.4 Å². The fourth-order valence-corrected chi connectivity index (χ4v) is 1.99. The molecule has 0 saturated carbocycles. The monoisotopic (exact) mass is 441 g/mol. The molecule has 1 aliphatic rings. The summed E-state index contributed by atoms with van der Waals surface area (Å²) in [5, 5.41) is 6.28. The van der Waals surface area contributed by atoms with Crippen LogP contribution in [0.15, 0.2) is 23.2 Å². The summed E-state index contributed by atoms with van der Waals surface area (Å²) < 4.78 is 36.6. The predicted octanol–water partition coefficient (Wildman–Crippen LogP) is 2.16. The van der Waals surface area contributed by atoms with Gasteiger partial charge in [0.05, 0.1) is 19.8 Å². The van der Waals surface area contributed by atoms with Crippen LogP contribution in [-0.2, 0) is 4.74 Å². The molecule has 0 aromatic heterocycles. The van der Waals surface area contributed by atoms with Gasteiger partial charge in [-0.25, -0.2) is 8.78 Å². The van der Waals surface area contributed by atoms with Crippen molar-refractivity contribution in [3.05, 3.63) is 29.8 Å². The van der Waals surface area contributed by atoms with E-state index in [-0.39, 0.29) is 41.7 Å². The molecule has 1 saturated heterocycles. The first-order chi connectivity index (χ1) is 10.5. The van der Waals surface area contributed by atoms with Crippen LogP contribution in [0.3, 0.4) is 0 Å². The van der Waals surface area contributed by atoms with E-state index >= 15 is 0 Å². The van der Waals surface area contributed by atoms with Gasteiger partial charge in [0.2, 0.25) is 0 Å². The molecule has 130 valence electrons. The number of rotatable bonds is 6. The number of halogens is 3. The van der Waals surface area contributed by atoms with Crippen molar-refractivity contribution in [3.8, 4) is 5.75 Å². The lowest BCUT2D eigenvalue weighted by molar-refractivity contribution is -0.0971. The number of nitrogens with one attached hydrogen (secondary N) is 2. The molecule has 1 heterocycles. The summed E-state index contributed by atoms with van der Waals surface area (Å²) in [6, 6.07) is 3.23. The standard InChI is InChI=1S/C15H21F2N3O2.HI/c1-15(9-21-10-15)8-20-14(18-2)19-5-6-22-13-4-3-11(16)7-12(13)17;/h3-4,7H,5-6,8-10H2,1-2H3,(H2,18,19,20);1H. The second-order valence-electron chi connectivity index (χ2n) is 5.58. The Kier molecular flexibility index (Phi) is 7.97. The summed E-state index contributed by atoms with van der Waals surface area (Å²) in [7, 11) is 1.68. The molecule has 1 aromatic carbocycles. The second kappa shape index (κ2) is 9.21. The molecule has 8 heteroatoms. The molecular formula is C15H22F2IN3O2. The van der Waals surface area contributed by atoms with E-state index in [1.54, 1.807) is 7.05 Å². The third-order valence-corrected chi connectivity index (χ3v) is 3.35. The zero-order valence-electron chi connectivity index (χ0n) is 13.2. The quantitative estimate of drug-likeness (QED) is 0.308. The molecule has 1 aliphatic heterocycles. The number of hydrogen-bond donors (Lipinski definition) is 2. The highest BCUT2D eigenvalue weighted by Crippen LogP contribution is 2.24. The first-order valence-corrected chi connectivity index (χ1v) is 7.12. The molecule has 5 nitrogen and oxygen atoms in total. The van der Waals surface area contributed by atoms with E-state index in [0.29, 0.717) is 12.5 Å². The third-order valence-electron chi connectivity index (χ3n) is 3.35. The number of guanidine groups is 1. The summed E-state index contributed by atoms with van der Waals surface area (Å²) in [6.07, 6.45) is 0. The molecule has 1 aromatic rings. The van der Waals surface area contributed by atoms with Gasteiger partial charge in [0.1, 0.15) is 12.4 Å². The van der Waals surface area contributed by atoms with E-state index in [1.165, 1.54) is 6.07 Å². The number of ether oxygens (including phenoxy) is 2. The van der Waals surface area contributed by atoms with Crippen LogP contribution in [0.2, 0.25) is 0 Å². The van der Waals surface area contributed by atoms with Crippen LogP contribution in [0.25, 0.3) is 0 Å². The maximum atomic E-state index is 13.4. The van der Waals surface area contributed by atoms with Crippen LogP contribution in [0, 0.1) is 17.0 Å². The Morgan fingerprint density at radius 2 is 2.09 bits per heavy atom. The summed E-state index contributed by atoms with van der Waals surface area (Å²) in [5.41, 5.74) is 0.144. The largest absolute Gasteiger partial charge is 0.489 e. The van der Waals surface area contributed by atoms with E-state index in [9.17, 15) is 8.78 Å². The Morgan fingerprint density at radius 1 is 1.35 bits per heavy atom. The lowest BCUT2D eigenvalue weighted by Gasteiger charge is -2.38. The topological polar surface area (TPSA) is 54.9 Å². The number of hydrogen-bond acceptors (Lipinski definition) is 3. The van der Waals surface area contributed by atoms with E-state index in [0.717, 1.165) is 31.9 Å². The van der Waals surface area contributed by atoms with Crippen molar-refractivity contribution in [2.45, 2.75) is 6.92 Å². The van der Waals surface area contributed by atoms with Gasteiger partial charge in [-0.05, 0) is 12.1 Å². The zero-order valence-corrected chi connectivity index (χ0v) is 15.5. The van der Waals surface area contributed by atoms with Crippen molar-refractivity contribution >= 4 is 29.9 Å². The van der Waals surface area contributed by atoms with E-state index in [2.05, 4.69) is 22.5 Å². The SMILES string of the molecule is CN=C(NCCOc1ccc(F)cc1F)NCC1(C)COC1.I. The first kappa shape index (κ1) is 19.9. The van der Waals surface area contributed by atoms with Gasteiger partial charge in [-0.3, -0.25) is 4.99 Å². The highest BCUT2D eigenvalue weighted by Gasteiger charge is 2.33. The molecule has 0 bridgehead atoms. The van der Waals surface area contributed by atoms with Gasteiger partial charge in [0.15, 0.2) is 17.5 Å². The molecule has 0 amide bonds. The smallest absolute Gasteiger partial charge is 0.191 e. The highest BCUT2D eigenvalue weighted by molar-refractivity contribution is 14.0. The van der Waals surface area contributed by atoms with Crippen molar-refractivity contribution in [2.24, 2.45) is 10.4 Å². The molecule has 1 fully saturated rings. The van der Waals surface area contributed by atoms with Gasteiger partial charge < -0.3 is 20.1 Å². The molecule has 0 unspecified atom stereocenters. The predicted molar refractivity (Wildman–Crippen MR) is 95.6 cm³/mol. The summed E-state index contributed by atoms with van der Waals surface area (Å²) in [6.45, 7) is 5.07. The Bertz CT molecular complexity index is 539. The Hall–Kier alpha value is -1.16. The van der Waals surface area contributed by atoms with Crippen molar-refractivity contribution < 1.29 is 18.3 Å². The fraction of sp³-hybridized carbons (Fsp3) is 0.533. The van der Waals surface area contributed by atoms with Gasteiger partial charge in [0, 0.05) is 25.1 Å². The maximum absolute atomic E-state index is 13.4. The minimum Gasteiger partial charge on any atom is -0.489 e. The Balaban J connectivity index is 0.00000264. The highest BCUT2D eigenvalue weighted by atomic mass is 127. The first-order valence-electron chi connectivity index (χ1n) is 7.12.